The fraction of sp³-hybridized carbons (Fsp3) is 0.800. The van der Waals surface area contributed by atoms with Crippen molar-refractivity contribution in [2.45, 2.75) is 24.9 Å². The average Bonchev–Trinajstić information content (AvgIpc) is 2.13. The van der Waals surface area contributed by atoms with Crippen molar-refractivity contribution in [2.75, 3.05) is 0 Å². The van der Waals surface area contributed by atoms with Crippen LogP contribution in [-0.4, -0.2) is 24.1 Å². The van der Waals surface area contributed by atoms with Crippen LogP contribution in [0.25, 0.3) is 0 Å². The van der Waals surface area contributed by atoms with Gasteiger partial charge in [-0.3, -0.25) is 0 Å². The monoisotopic (exact) mass is 127 g/mol. The van der Waals surface area contributed by atoms with E-state index in [0.717, 1.165) is 0 Å². The first-order valence-corrected chi connectivity index (χ1v) is 2.96. The van der Waals surface area contributed by atoms with Crippen LogP contribution in [0.3, 0.4) is 0 Å². The van der Waals surface area contributed by atoms with E-state index in [2.05, 4.69) is 0 Å². The van der Waals surface area contributed by atoms with E-state index in [0.29, 0.717) is 6.32 Å². The van der Waals surface area contributed by atoms with E-state index < -0.39 is 12.3 Å². The Morgan fingerprint density at radius 2 is 2.33 bits per heavy atom. The average molecular weight is 127 g/mol. The number of rotatable bonds is 0. The van der Waals surface area contributed by atoms with Gasteiger partial charge in [0.1, 0.15) is 6.17 Å². The van der Waals surface area contributed by atoms with Crippen molar-refractivity contribution in [2.24, 2.45) is 0 Å². The van der Waals surface area contributed by atoms with Gasteiger partial charge >= 0.3 is 0 Å². The Hall–Kier alpha value is -0.555. The summed E-state index contributed by atoms with van der Waals surface area (Å²) in [6, 6.07) is 0. The Morgan fingerprint density at radius 3 is 2.56 bits per heavy atom. The summed E-state index contributed by atoms with van der Waals surface area (Å²) in [5.74, 6) is 1.92. The molecule has 1 rings (SSSR count). The zero-order valence-electron chi connectivity index (χ0n) is 4.92. The predicted molar refractivity (Wildman–Crippen MR) is 31.9 cm³/mol. The third-order valence-electron chi connectivity index (χ3n) is 1.64. The lowest BCUT2D eigenvalue weighted by atomic mass is 9.50. The van der Waals surface area contributed by atoms with Crippen LogP contribution >= 0.6 is 0 Å². The smallest absolute Gasteiger partial charge is 0.273 e. The van der Waals surface area contributed by atoms with Crippen molar-refractivity contribution in [3.63, 3.8) is 0 Å². The van der Waals surface area contributed by atoms with Crippen LogP contribution in [-0.2, 0) is 0 Å². The van der Waals surface area contributed by atoms with Crippen LogP contribution in [0.2, 0.25) is 12.6 Å². The summed E-state index contributed by atoms with van der Waals surface area (Å²) in [5, 5.41) is 17.0. The van der Waals surface area contributed by atoms with Gasteiger partial charge in [-0.25, -0.2) is 9.65 Å². The van der Waals surface area contributed by atoms with Gasteiger partial charge < -0.3 is 5.11 Å². The van der Waals surface area contributed by atoms with Crippen molar-refractivity contribution in [3.8, 4) is 5.97 Å². The molecule has 1 aliphatic heterocycles. The molecule has 48 valence electrons. The molecular formula is C5H7BFNO. The SMILES string of the molecule is N#CB1CC(F)[C@H](O)C1. The number of alkyl halides is 1. The molecule has 1 unspecified atom stereocenters. The van der Waals surface area contributed by atoms with Gasteiger partial charge in [-0.2, -0.15) is 0 Å². The van der Waals surface area contributed by atoms with E-state index in [1.807, 2.05) is 5.97 Å². The summed E-state index contributed by atoms with van der Waals surface area (Å²) in [7, 11) is 0. The van der Waals surface area contributed by atoms with Crippen LogP contribution in [0.4, 0.5) is 4.39 Å². The van der Waals surface area contributed by atoms with E-state index in [4.69, 9.17) is 10.4 Å². The normalized spacial score (nSPS) is 34.6. The highest BCUT2D eigenvalue weighted by molar-refractivity contribution is 6.68. The van der Waals surface area contributed by atoms with Gasteiger partial charge in [0, 0.05) is 5.97 Å². The summed E-state index contributed by atoms with van der Waals surface area (Å²) in [4.78, 5) is 0. The molecule has 1 saturated heterocycles. The predicted octanol–water partition coefficient (Wildman–Crippen LogP) is 0.257. The standard InChI is InChI=1S/C5H7BFNO/c7-4-1-6(3-8)2-5(4)9/h4-5,9H,1-2H2/t4?,5-/m1/s1. The first-order chi connectivity index (χ1) is 4.24. The molecule has 1 heterocycles. The largest absolute Gasteiger partial charge is 0.391 e. The topological polar surface area (TPSA) is 44.0 Å². The van der Waals surface area contributed by atoms with Crippen molar-refractivity contribution in [1.29, 1.82) is 5.26 Å². The Labute approximate surface area is 53.4 Å². The molecule has 0 aromatic rings. The van der Waals surface area contributed by atoms with Gasteiger partial charge in [0.2, 0.25) is 0 Å². The Bertz CT molecular complexity index is 136. The summed E-state index contributed by atoms with van der Waals surface area (Å²) >= 11 is 0. The number of hydrogen-bond donors (Lipinski definition) is 1. The minimum Gasteiger partial charge on any atom is -0.391 e. The minimum absolute atomic E-state index is 0.206. The second kappa shape index (κ2) is 2.36. The Morgan fingerprint density at radius 1 is 1.67 bits per heavy atom. The lowest BCUT2D eigenvalue weighted by Crippen LogP contribution is -2.11. The number of aliphatic hydroxyl groups is 1. The zero-order chi connectivity index (χ0) is 6.85. The van der Waals surface area contributed by atoms with Crippen molar-refractivity contribution in [1.82, 2.24) is 0 Å². The number of aliphatic hydroxyl groups excluding tert-OH is 1. The number of nitrogens with zero attached hydrogens (tertiary/aromatic N) is 1. The van der Waals surface area contributed by atoms with Crippen LogP contribution in [0, 0.1) is 11.2 Å². The van der Waals surface area contributed by atoms with Gasteiger partial charge in [0.15, 0.2) is 0 Å². The van der Waals surface area contributed by atoms with Crippen LogP contribution in [0.5, 0.6) is 0 Å². The molecule has 1 aliphatic rings. The van der Waals surface area contributed by atoms with Gasteiger partial charge in [-0.1, -0.05) is 0 Å². The number of hydrogen-bond acceptors (Lipinski definition) is 2. The first kappa shape index (κ1) is 6.56. The molecule has 0 saturated carbocycles. The Kier molecular flexibility index (Phi) is 1.72. The molecule has 0 amide bonds. The van der Waals surface area contributed by atoms with E-state index in [-0.39, 0.29) is 13.0 Å². The summed E-state index contributed by atoms with van der Waals surface area (Å²) < 4.78 is 12.4. The molecule has 0 aromatic carbocycles. The molecule has 9 heavy (non-hydrogen) atoms. The fourth-order valence-corrected chi connectivity index (χ4v) is 1.07. The minimum atomic E-state index is -1.17. The molecule has 2 atom stereocenters. The van der Waals surface area contributed by atoms with Gasteiger partial charge in [0.25, 0.3) is 6.71 Å². The van der Waals surface area contributed by atoms with Crippen molar-refractivity contribution in [3.05, 3.63) is 0 Å². The third kappa shape index (κ3) is 1.22. The molecule has 0 aromatic heterocycles. The summed E-state index contributed by atoms with van der Waals surface area (Å²) in [6.07, 6.45) is -1.56. The van der Waals surface area contributed by atoms with E-state index in [1.165, 1.54) is 0 Å². The Balaban J connectivity index is 2.46. The third-order valence-corrected chi connectivity index (χ3v) is 1.64. The molecule has 2 nitrogen and oxygen atoms in total. The number of nitriles is 1. The second-order valence-electron chi connectivity index (χ2n) is 2.38. The molecule has 0 spiro atoms. The highest BCUT2D eigenvalue weighted by Crippen LogP contribution is 2.22. The van der Waals surface area contributed by atoms with E-state index >= 15 is 0 Å². The maximum Gasteiger partial charge on any atom is 0.273 e. The van der Waals surface area contributed by atoms with Crippen LogP contribution in [0.15, 0.2) is 0 Å². The molecule has 4 heteroatoms. The van der Waals surface area contributed by atoms with Crippen LogP contribution in [0.1, 0.15) is 0 Å². The number of halogens is 1. The molecule has 0 radical (unpaired) electrons. The molecular weight excluding hydrogens is 120 g/mol. The maximum atomic E-state index is 12.4. The first-order valence-electron chi connectivity index (χ1n) is 2.96. The quantitative estimate of drug-likeness (QED) is 0.474. The van der Waals surface area contributed by atoms with Crippen LogP contribution < -0.4 is 0 Å². The van der Waals surface area contributed by atoms with E-state index in [9.17, 15) is 4.39 Å². The van der Waals surface area contributed by atoms with Crippen molar-refractivity contribution < 1.29 is 9.50 Å². The second-order valence-corrected chi connectivity index (χ2v) is 2.38. The van der Waals surface area contributed by atoms with E-state index in [1.54, 1.807) is 0 Å². The lowest BCUT2D eigenvalue weighted by Gasteiger charge is -2.00. The molecule has 0 aliphatic carbocycles. The molecule has 0 bridgehead atoms. The molecule has 1 N–H and O–H groups in total. The van der Waals surface area contributed by atoms with Gasteiger partial charge in [-0.05, 0) is 12.6 Å². The van der Waals surface area contributed by atoms with Gasteiger partial charge in [-0.15, -0.1) is 0 Å². The zero-order valence-corrected chi connectivity index (χ0v) is 4.92. The highest BCUT2D eigenvalue weighted by atomic mass is 19.1. The summed E-state index contributed by atoms with van der Waals surface area (Å²) in [6.45, 7) is -0.269. The van der Waals surface area contributed by atoms with Crippen molar-refractivity contribution >= 4 is 6.71 Å². The summed E-state index contributed by atoms with van der Waals surface area (Å²) in [5.41, 5.74) is 0. The van der Waals surface area contributed by atoms with Gasteiger partial charge in [0.05, 0.1) is 6.10 Å². The lowest BCUT2D eigenvalue weighted by molar-refractivity contribution is 0.115. The highest BCUT2D eigenvalue weighted by Gasteiger charge is 2.35. The maximum absolute atomic E-state index is 12.4. The fourth-order valence-electron chi connectivity index (χ4n) is 1.07. The molecule has 1 fully saturated rings.